The van der Waals surface area contributed by atoms with Crippen molar-refractivity contribution >= 4 is 22.6 Å². The van der Waals surface area contributed by atoms with Crippen molar-refractivity contribution in [3.63, 3.8) is 0 Å². The number of ether oxygens (including phenoxy) is 3. The summed E-state index contributed by atoms with van der Waals surface area (Å²) in [6.45, 7) is 5.69. The molecule has 0 aliphatic heterocycles. The van der Waals surface area contributed by atoms with Crippen LogP contribution in [0.2, 0.25) is 0 Å². The number of imidazole rings is 1. The minimum absolute atomic E-state index is 0.0805. The Kier molecular flexibility index (Phi) is 8.50. The van der Waals surface area contributed by atoms with Crippen LogP contribution in [0, 0.1) is 17.8 Å². The Morgan fingerprint density at radius 1 is 1.10 bits per heavy atom. The molecule has 1 heterocycles. The van der Waals surface area contributed by atoms with Crippen molar-refractivity contribution in [2.24, 2.45) is 17.8 Å². The lowest BCUT2D eigenvalue weighted by Crippen LogP contribution is -2.51. The number of allylic oxidation sites excluding steroid dienone is 1. The number of benzene rings is 2. The fourth-order valence-corrected chi connectivity index (χ4v) is 6.42. The number of rotatable bonds is 12. The third-order valence-electron chi connectivity index (χ3n) is 8.70. The number of carbonyl (C=O) groups is 1. The largest absolute Gasteiger partial charge is 0.493 e. The Morgan fingerprint density at radius 3 is 2.52 bits per heavy atom. The minimum atomic E-state index is -0.423. The van der Waals surface area contributed by atoms with Crippen molar-refractivity contribution in [1.29, 1.82) is 0 Å². The molecule has 7 heteroatoms. The van der Waals surface area contributed by atoms with Crippen molar-refractivity contribution in [3.8, 4) is 11.5 Å². The van der Waals surface area contributed by atoms with Gasteiger partial charge in [0.1, 0.15) is 11.4 Å². The van der Waals surface area contributed by atoms with Gasteiger partial charge in [0.05, 0.1) is 31.2 Å². The van der Waals surface area contributed by atoms with Crippen molar-refractivity contribution in [3.05, 3.63) is 59.9 Å². The molecule has 0 unspecified atom stereocenters. The Labute approximate surface area is 237 Å². The van der Waals surface area contributed by atoms with Crippen LogP contribution in [0.5, 0.6) is 11.5 Å². The fraction of sp³-hybridized carbons (Fsp3) is 0.515. The molecule has 0 radical (unpaired) electrons. The Bertz CT molecular complexity index is 1310. The average Bonchev–Trinajstić information content (AvgIpc) is 3.37. The molecule has 0 saturated heterocycles. The van der Waals surface area contributed by atoms with Crippen LogP contribution < -0.4 is 9.47 Å². The number of aromatic nitrogens is 2. The van der Waals surface area contributed by atoms with Gasteiger partial charge in [-0.15, -0.1) is 0 Å². The summed E-state index contributed by atoms with van der Waals surface area (Å²) < 4.78 is 17.2. The van der Waals surface area contributed by atoms with E-state index in [-0.39, 0.29) is 17.8 Å². The number of methoxy groups -OCH3 is 2. The normalized spacial score (nSPS) is 22.1. The van der Waals surface area contributed by atoms with Gasteiger partial charge in [0.2, 0.25) is 0 Å². The van der Waals surface area contributed by atoms with Gasteiger partial charge in [0, 0.05) is 37.4 Å². The van der Waals surface area contributed by atoms with Crippen LogP contribution in [0.25, 0.3) is 16.6 Å². The summed E-state index contributed by atoms with van der Waals surface area (Å²) in [5.41, 5.74) is 4.15. The van der Waals surface area contributed by atoms with E-state index in [1.54, 1.807) is 14.2 Å². The van der Waals surface area contributed by atoms with E-state index >= 15 is 0 Å². The van der Waals surface area contributed by atoms with Crippen molar-refractivity contribution in [1.82, 2.24) is 14.9 Å². The average molecular weight is 546 g/mol. The van der Waals surface area contributed by atoms with Crippen LogP contribution in [-0.4, -0.2) is 60.8 Å². The van der Waals surface area contributed by atoms with Crippen LogP contribution >= 0.6 is 0 Å². The molecule has 1 N–H and O–H groups in total. The molecular formula is C33H43N3O4. The molecule has 1 fully saturated rings. The van der Waals surface area contributed by atoms with Gasteiger partial charge in [-0.2, -0.15) is 0 Å². The van der Waals surface area contributed by atoms with Gasteiger partial charge in [-0.1, -0.05) is 50.3 Å². The number of hydrogen-bond acceptors (Lipinski definition) is 6. The first-order valence-electron chi connectivity index (χ1n) is 14.6. The van der Waals surface area contributed by atoms with Gasteiger partial charge in [-0.05, 0) is 56.3 Å². The van der Waals surface area contributed by atoms with Crippen LogP contribution in [0.1, 0.15) is 57.3 Å². The molecule has 3 aliphatic rings. The third kappa shape index (κ3) is 5.90. The second kappa shape index (κ2) is 12.0. The SMILES string of the molecule is COc1cc2nc(CCCN(C)CC[C@@]3(OC(=O)C(C)C)C[C@@H]4CC[C@H]3C=C4c3ccccc3)[nH]c2cc1OC. The molecule has 7 nitrogen and oxygen atoms in total. The molecule has 6 rings (SSSR count). The van der Waals surface area contributed by atoms with Gasteiger partial charge in [0.25, 0.3) is 0 Å². The maximum Gasteiger partial charge on any atom is 0.308 e. The summed E-state index contributed by atoms with van der Waals surface area (Å²) in [4.78, 5) is 23.4. The summed E-state index contributed by atoms with van der Waals surface area (Å²) in [5.74, 6) is 2.82. The number of nitrogens with zero attached hydrogens (tertiary/aromatic N) is 2. The van der Waals surface area contributed by atoms with E-state index < -0.39 is 5.60 Å². The lowest BCUT2D eigenvalue weighted by Gasteiger charge is -2.50. The quantitative estimate of drug-likeness (QED) is 0.270. The highest BCUT2D eigenvalue weighted by Gasteiger charge is 2.50. The fourth-order valence-electron chi connectivity index (χ4n) is 6.42. The van der Waals surface area contributed by atoms with Crippen LogP contribution in [0.15, 0.2) is 48.5 Å². The van der Waals surface area contributed by atoms with Crippen LogP contribution in [-0.2, 0) is 16.0 Å². The molecule has 2 aromatic carbocycles. The van der Waals surface area contributed by atoms with Crippen molar-refractivity contribution < 1.29 is 19.0 Å². The predicted molar refractivity (Wildman–Crippen MR) is 159 cm³/mol. The van der Waals surface area contributed by atoms with E-state index in [0.717, 1.165) is 68.5 Å². The lowest BCUT2D eigenvalue weighted by atomic mass is 9.60. The summed E-state index contributed by atoms with van der Waals surface area (Å²) in [5, 5.41) is 0. The molecule has 214 valence electrons. The highest BCUT2D eigenvalue weighted by Crippen LogP contribution is 2.53. The highest BCUT2D eigenvalue weighted by atomic mass is 16.6. The zero-order valence-corrected chi connectivity index (χ0v) is 24.5. The van der Waals surface area contributed by atoms with E-state index in [9.17, 15) is 4.79 Å². The maximum absolute atomic E-state index is 12.9. The molecule has 1 saturated carbocycles. The third-order valence-corrected chi connectivity index (χ3v) is 8.70. The number of esters is 1. The molecule has 3 aromatic rings. The molecule has 3 atom stereocenters. The first kappa shape index (κ1) is 28.2. The number of aryl methyl sites for hydroxylation is 1. The Balaban J connectivity index is 1.22. The topological polar surface area (TPSA) is 76.7 Å². The zero-order valence-electron chi connectivity index (χ0n) is 24.5. The van der Waals surface area contributed by atoms with E-state index in [0.29, 0.717) is 17.4 Å². The number of carbonyl (C=O) groups excluding carboxylic acids is 1. The summed E-state index contributed by atoms with van der Waals surface area (Å²) in [7, 11) is 5.44. The molecular weight excluding hydrogens is 502 g/mol. The van der Waals surface area contributed by atoms with Crippen molar-refractivity contribution in [2.75, 3.05) is 34.4 Å². The van der Waals surface area contributed by atoms with Gasteiger partial charge < -0.3 is 24.1 Å². The van der Waals surface area contributed by atoms with Gasteiger partial charge >= 0.3 is 5.97 Å². The zero-order chi connectivity index (χ0) is 28.3. The Morgan fingerprint density at radius 2 is 1.85 bits per heavy atom. The summed E-state index contributed by atoms with van der Waals surface area (Å²) in [6, 6.07) is 14.5. The molecule has 1 aromatic heterocycles. The van der Waals surface area contributed by atoms with E-state index in [1.807, 2.05) is 26.0 Å². The first-order chi connectivity index (χ1) is 19.3. The lowest BCUT2D eigenvalue weighted by molar-refractivity contribution is -0.176. The molecule has 0 amide bonds. The second-order valence-corrected chi connectivity index (χ2v) is 11.8. The monoisotopic (exact) mass is 545 g/mol. The van der Waals surface area contributed by atoms with Crippen LogP contribution in [0.4, 0.5) is 0 Å². The number of fused-ring (bicyclic) bond motifs is 3. The second-order valence-electron chi connectivity index (χ2n) is 11.8. The van der Waals surface area contributed by atoms with E-state index in [1.165, 1.54) is 11.1 Å². The number of hydrogen-bond donors (Lipinski definition) is 1. The predicted octanol–water partition coefficient (Wildman–Crippen LogP) is 6.29. The molecule has 2 bridgehead atoms. The molecule has 40 heavy (non-hydrogen) atoms. The first-order valence-corrected chi connectivity index (χ1v) is 14.6. The standard InChI is InChI=1S/C33H43N3O4/c1-22(2)32(37)40-33(21-24-13-14-25(33)18-26(24)23-10-7-6-8-11-23)15-17-36(3)16-9-12-31-34-27-19-29(38-4)30(39-5)20-28(27)35-31/h6-8,10-11,18-20,22,24-25H,9,12-17,21H2,1-5H3,(H,34,35)/t24-,25-,33+/m0/s1. The van der Waals surface area contributed by atoms with Gasteiger partial charge in [-0.25, -0.2) is 4.98 Å². The van der Waals surface area contributed by atoms with E-state index in [4.69, 9.17) is 19.2 Å². The van der Waals surface area contributed by atoms with Gasteiger partial charge in [0.15, 0.2) is 11.5 Å². The summed E-state index contributed by atoms with van der Waals surface area (Å²) >= 11 is 0. The van der Waals surface area contributed by atoms with Crippen LogP contribution in [0.3, 0.4) is 0 Å². The minimum Gasteiger partial charge on any atom is -0.493 e. The molecule has 0 spiro atoms. The number of nitrogens with one attached hydrogen (secondary N) is 1. The maximum atomic E-state index is 12.9. The summed E-state index contributed by atoms with van der Waals surface area (Å²) in [6.07, 6.45) is 8.27. The Hall–Kier alpha value is -3.32. The van der Waals surface area contributed by atoms with Gasteiger partial charge in [-0.3, -0.25) is 4.79 Å². The molecule has 3 aliphatic carbocycles. The van der Waals surface area contributed by atoms with Crippen molar-refractivity contribution in [2.45, 2.75) is 58.0 Å². The highest BCUT2D eigenvalue weighted by molar-refractivity contribution is 5.79. The van der Waals surface area contributed by atoms with E-state index in [2.05, 4.69) is 53.3 Å². The number of H-pyrrole nitrogens is 1. The number of aromatic amines is 1. The smallest absolute Gasteiger partial charge is 0.308 e.